The number of fused-ring (bicyclic) bond motifs is 2. The Kier molecular flexibility index (Phi) is 4.89. The van der Waals surface area contributed by atoms with Crippen LogP contribution in [0, 0.1) is 0 Å². The zero-order valence-corrected chi connectivity index (χ0v) is 16.4. The highest BCUT2D eigenvalue weighted by Crippen LogP contribution is 2.42. The molecular weight excluding hydrogens is 362 g/mol. The molecule has 8 nitrogen and oxygen atoms in total. The standard InChI is InChI=1S/C20H25N3O5/c1-25-15-10-14(11-16(26-2)17(15)27-3)19(24)23-7-5-20(6-8-23)18-13(4-9-28-20)12-21-22-18/h10-12H,4-9H2,1-3H3,(H,21,22). The number of rotatable bonds is 4. The SMILES string of the molecule is COc1cc(C(=O)N2CCC3(CC2)OCCc2cn[nH]c23)cc(OC)c1OC. The molecule has 28 heavy (non-hydrogen) atoms. The molecule has 0 aliphatic carbocycles. The fraction of sp³-hybridized carbons (Fsp3) is 0.500. The van der Waals surface area contributed by atoms with E-state index in [0.717, 1.165) is 25.0 Å². The van der Waals surface area contributed by atoms with E-state index in [4.69, 9.17) is 18.9 Å². The number of H-pyrrole nitrogens is 1. The molecule has 1 saturated heterocycles. The molecule has 0 radical (unpaired) electrons. The summed E-state index contributed by atoms with van der Waals surface area (Å²) in [5.74, 6) is 1.35. The van der Waals surface area contributed by atoms with Crippen LogP contribution >= 0.6 is 0 Å². The molecule has 0 bridgehead atoms. The van der Waals surface area contributed by atoms with Crippen molar-refractivity contribution in [2.75, 3.05) is 41.0 Å². The summed E-state index contributed by atoms with van der Waals surface area (Å²) in [6.07, 6.45) is 4.23. The van der Waals surface area contributed by atoms with E-state index in [2.05, 4.69) is 10.2 Å². The van der Waals surface area contributed by atoms with Crippen LogP contribution < -0.4 is 14.2 Å². The second kappa shape index (κ2) is 7.35. The van der Waals surface area contributed by atoms with Gasteiger partial charge in [-0.1, -0.05) is 0 Å². The Balaban J connectivity index is 1.54. The van der Waals surface area contributed by atoms with Crippen LogP contribution in [0.4, 0.5) is 0 Å². The third-order valence-corrected chi connectivity index (χ3v) is 5.69. The maximum absolute atomic E-state index is 13.1. The van der Waals surface area contributed by atoms with E-state index in [9.17, 15) is 4.79 Å². The third kappa shape index (κ3) is 2.97. The van der Waals surface area contributed by atoms with Crippen LogP contribution in [0.3, 0.4) is 0 Å². The predicted molar refractivity (Wildman–Crippen MR) is 101 cm³/mol. The lowest BCUT2D eigenvalue weighted by Gasteiger charge is -2.43. The Morgan fingerprint density at radius 1 is 1.14 bits per heavy atom. The monoisotopic (exact) mass is 387 g/mol. The Morgan fingerprint density at radius 2 is 1.82 bits per heavy atom. The first-order chi connectivity index (χ1) is 13.6. The van der Waals surface area contributed by atoms with E-state index in [1.54, 1.807) is 33.5 Å². The van der Waals surface area contributed by atoms with Crippen LogP contribution in [0.2, 0.25) is 0 Å². The molecule has 4 rings (SSSR count). The highest BCUT2D eigenvalue weighted by atomic mass is 16.5. The maximum Gasteiger partial charge on any atom is 0.254 e. The molecule has 1 amide bonds. The zero-order valence-electron chi connectivity index (χ0n) is 16.4. The molecule has 150 valence electrons. The van der Waals surface area contributed by atoms with Crippen molar-refractivity contribution in [1.82, 2.24) is 15.1 Å². The van der Waals surface area contributed by atoms with Gasteiger partial charge in [-0.2, -0.15) is 5.10 Å². The Morgan fingerprint density at radius 3 is 2.43 bits per heavy atom. The van der Waals surface area contributed by atoms with Gasteiger partial charge in [0, 0.05) is 18.7 Å². The first kappa shape index (κ1) is 18.6. The number of aromatic amines is 1. The van der Waals surface area contributed by atoms with Crippen molar-refractivity contribution in [3.05, 3.63) is 35.2 Å². The molecule has 0 atom stereocenters. The number of likely N-dealkylation sites (tertiary alicyclic amines) is 1. The van der Waals surface area contributed by atoms with E-state index in [0.29, 0.717) is 42.5 Å². The lowest BCUT2D eigenvalue weighted by molar-refractivity contribution is -0.0962. The van der Waals surface area contributed by atoms with Gasteiger partial charge in [0.15, 0.2) is 11.5 Å². The molecule has 1 aromatic carbocycles. The first-order valence-electron chi connectivity index (χ1n) is 9.38. The molecule has 0 unspecified atom stereocenters. The summed E-state index contributed by atoms with van der Waals surface area (Å²) in [4.78, 5) is 15.0. The molecule has 0 saturated carbocycles. The number of piperidine rings is 1. The summed E-state index contributed by atoms with van der Waals surface area (Å²) < 4.78 is 22.2. The summed E-state index contributed by atoms with van der Waals surface area (Å²) in [7, 11) is 4.62. The lowest BCUT2D eigenvalue weighted by atomic mass is 9.83. The highest BCUT2D eigenvalue weighted by Gasteiger charge is 2.43. The van der Waals surface area contributed by atoms with Crippen molar-refractivity contribution in [1.29, 1.82) is 0 Å². The summed E-state index contributed by atoms with van der Waals surface area (Å²) >= 11 is 0. The molecule has 2 aromatic rings. The molecule has 1 N–H and O–H groups in total. The largest absolute Gasteiger partial charge is 0.493 e. The van der Waals surface area contributed by atoms with E-state index < -0.39 is 0 Å². The number of methoxy groups -OCH3 is 3. The number of amides is 1. The number of nitrogens with zero attached hydrogens (tertiary/aromatic N) is 2. The topological polar surface area (TPSA) is 85.9 Å². The number of hydrogen-bond donors (Lipinski definition) is 1. The number of ether oxygens (including phenoxy) is 4. The quantitative estimate of drug-likeness (QED) is 0.865. The van der Waals surface area contributed by atoms with E-state index in [1.165, 1.54) is 5.56 Å². The first-order valence-corrected chi connectivity index (χ1v) is 9.38. The predicted octanol–water partition coefficient (Wildman–Crippen LogP) is 2.14. The number of aromatic nitrogens is 2. The Labute approximate surface area is 163 Å². The fourth-order valence-corrected chi connectivity index (χ4v) is 4.18. The van der Waals surface area contributed by atoms with Gasteiger partial charge in [0.05, 0.1) is 39.8 Å². The minimum absolute atomic E-state index is 0.0604. The average Bonchev–Trinajstić information content (AvgIpc) is 3.23. The molecular formula is C20H25N3O5. The van der Waals surface area contributed by atoms with Crippen LogP contribution in [0.1, 0.15) is 34.5 Å². The summed E-state index contributed by atoms with van der Waals surface area (Å²) in [6, 6.07) is 3.39. The summed E-state index contributed by atoms with van der Waals surface area (Å²) in [5, 5.41) is 7.30. The molecule has 3 heterocycles. The number of carbonyl (C=O) groups is 1. The maximum atomic E-state index is 13.1. The number of benzene rings is 1. The molecule has 2 aliphatic rings. The van der Waals surface area contributed by atoms with Gasteiger partial charge in [0.2, 0.25) is 5.75 Å². The Hall–Kier alpha value is -2.74. The van der Waals surface area contributed by atoms with E-state index in [1.807, 2.05) is 11.1 Å². The van der Waals surface area contributed by atoms with Gasteiger partial charge in [0.1, 0.15) is 5.60 Å². The van der Waals surface area contributed by atoms with E-state index in [-0.39, 0.29) is 11.5 Å². The van der Waals surface area contributed by atoms with Crippen LogP contribution in [-0.4, -0.2) is 62.0 Å². The number of nitrogens with one attached hydrogen (secondary N) is 1. The van der Waals surface area contributed by atoms with Gasteiger partial charge in [-0.15, -0.1) is 0 Å². The van der Waals surface area contributed by atoms with E-state index >= 15 is 0 Å². The normalized spacial score (nSPS) is 17.9. The third-order valence-electron chi connectivity index (χ3n) is 5.69. The van der Waals surface area contributed by atoms with Crippen molar-refractivity contribution >= 4 is 5.91 Å². The summed E-state index contributed by atoms with van der Waals surface area (Å²) in [6.45, 7) is 1.90. The van der Waals surface area contributed by atoms with Crippen molar-refractivity contribution in [2.24, 2.45) is 0 Å². The minimum atomic E-state index is -0.365. The second-order valence-electron chi connectivity index (χ2n) is 7.07. The van der Waals surface area contributed by atoms with Crippen molar-refractivity contribution in [2.45, 2.75) is 24.9 Å². The van der Waals surface area contributed by atoms with Gasteiger partial charge in [-0.05, 0) is 37.0 Å². The highest BCUT2D eigenvalue weighted by molar-refractivity contribution is 5.95. The lowest BCUT2D eigenvalue weighted by Crippen LogP contribution is -2.48. The zero-order chi connectivity index (χ0) is 19.7. The number of carbonyl (C=O) groups excluding carboxylic acids is 1. The molecule has 2 aliphatic heterocycles. The molecule has 8 heteroatoms. The molecule has 1 fully saturated rings. The van der Waals surface area contributed by atoms with Gasteiger partial charge >= 0.3 is 0 Å². The second-order valence-corrected chi connectivity index (χ2v) is 7.07. The average molecular weight is 387 g/mol. The van der Waals surface area contributed by atoms with Gasteiger partial charge < -0.3 is 23.8 Å². The van der Waals surface area contributed by atoms with Crippen LogP contribution in [-0.2, 0) is 16.8 Å². The van der Waals surface area contributed by atoms with Crippen LogP contribution in [0.15, 0.2) is 18.3 Å². The smallest absolute Gasteiger partial charge is 0.254 e. The van der Waals surface area contributed by atoms with Gasteiger partial charge in [0.25, 0.3) is 5.91 Å². The van der Waals surface area contributed by atoms with Crippen molar-refractivity contribution < 1.29 is 23.7 Å². The van der Waals surface area contributed by atoms with Gasteiger partial charge in [-0.3, -0.25) is 9.89 Å². The number of hydrogen-bond acceptors (Lipinski definition) is 6. The molecule has 1 spiro atoms. The van der Waals surface area contributed by atoms with Crippen molar-refractivity contribution in [3.8, 4) is 17.2 Å². The van der Waals surface area contributed by atoms with Crippen LogP contribution in [0.5, 0.6) is 17.2 Å². The van der Waals surface area contributed by atoms with Gasteiger partial charge in [-0.25, -0.2) is 0 Å². The Bertz CT molecular complexity index is 845. The fourth-order valence-electron chi connectivity index (χ4n) is 4.18. The minimum Gasteiger partial charge on any atom is -0.493 e. The summed E-state index contributed by atoms with van der Waals surface area (Å²) in [5.41, 5.74) is 2.43. The molecule has 1 aromatic heterocycles. The van der Waals surface area contributed by atoms with Crippen LogP contribution in [0.25, 0.3) is 0 Å². The van der Waals surface area contributed by atoms with Crippen molar-refractivity contribution in [3.63, 3.8) is 0 Å².